The van der Waals surface area contributed by atoms with Gasteiger partial charge in [-0.2, -0.15) is 4.80 Å². The van der Waals surface area contributed by atoms with Crippen LogP contribution in [0.3, 0.4) is 0 Å². The molecule has 0 aliphatic rings. The van der Waals surface area contributed by atoms with Gasteiger partial charge in [0.25, 0.3) is 0 Å². The molecular formula is C18H16ClF2N5O. The lowest BCUT2D eigenvalue weighted by Crippen LogP contribution is -2.31. The van der Waals surface area contributed by atoms with Crippen molar-refractivity contribution in [2.75, 3.05) is 7.05 Å². The molecule has 0 N–H and O–H groups in total. The lowest BCUT2D eigenvalue weighted by Gasteiger charge is -2.18. The van der Waals surface area contributed by atoms with E-state index in [2.05, 4.69) is 15.4 Å². The first-order valence-corrected chi connectivity index (χ1v) is 8.44. The lowest BCUT2D eigenvalue weighted by atomic mass is 10.1. The van der Waals surface area contributed by atoms with Crippen LogP contribution < -0.4 is 0 Å². The number of likely N-dealkylation sites (N-methyl/N-ethyl adjacent to an activating group) is 1. The zero-order valence-corrected chi connectivity index (χ0v) is 15.4. The number of nitrogens with zero attached hydrogens (tertiary/aromatic N) is 5. The van der Waals surface area contributed by atoms with E-state index in [1.807, 2.05) is 0 Å². The molecule has 0 fully saturated rings. The van der Waals surface area contributed by atoms with Crippen molar-refractivity contribution < 1.29 is 13.6 Å². The fourth-order valence-electron chi connectivity index (χ4n) is 2.46. The zero-order valence-electron chi connectivity index (χ0n) is 14.7. The number of carbonyl (C=O) groups excluding carboxylic acids is 1. The van der Waals surface area contributed by atoms with Crippen molar-refractivity contribution in [2.24, 2.45) is 0 Å². The van der Waals surface area contributed by atoms with Gasteiger partial charge in [0.05, 0.1) is 0 Å². The molecule has 0 saturated carbocycles. The Morgan fingerprint density at radius 1 is 1.22 bits per heavy atom. The molecule has 9 heteroatoms. The monoisotopic (exact) mass is 391 g/mol. The third kappa shape index (κ3) is 4.28. The average Bonchev–Trinajstić information content (AvgIpc) is 3.09. The van der Waals surface area contributed by atoms with E-state index in [9.17, 15) is 13.6 Å². The summed E-state index contributed by atoms with van der Waals surface area (Å²) in [7, 11) is 1.53. The maximum atomic E-state index is 13.9. The van der Waals surface area contributed by atoms with E-state index >= 15 is 0 Å². The van der Waals surface area contributed by atoms with Crippen molar-refractivity contribution in [3.63, 3.8) is 0 Å². The lowest BCUT2D eigenvalue weighted by molar-refractivity contribution is -0.131. The molecule has 0 bridgehead atoms. The van der Waals surface area contributed by atoms with Crippen LogP contribution in [0.2, 0.25) is 5.02 Å². The molecule has 0 unspecified atom stereocenters. The van der Waals surface area contributed by atoms with Gasteiger partial charge in [-0.15, -0.1) is 10.2 Å². The number of rotatable bonds is 5. The second-order valence-corrected chi connectivity index (χ2v) is 6.46. The minimum Gasteiger partial charge on any atom is -0.340 e. The quantitative estimate of drug-likeness (QED) is 0.669. The first-order chi connectivity index (χ1) is 12.8. The number of aryl methyl sites for hydroxylation is 1. The maximum absolute atomic E-state index is 13.9. The largest absolute Gasteiger partial charge is 0.340 e. The van der Waals surface area contributed by atoms with Crippen LogP contribution in [0.1, 0.15) is 11.1 Å². The van der Waals surface area contributed by atoms with E-state index in [1.54, 1.807) is 19.1 Å². The first kappa shape index (κ1) is 18.9. The smallest absolute Gasteiger partial charge is 0.246 e. The second-order valence-electron chi connectivity index (χ2n) is 6.06. The fraction of sp³-hybridized carbons (Fsp3) is 0.222. The summed E-state index contributed by atoms with van der Waals surface area (Å²) >= 11 is 5.99. The van der Waals surface area contributed by atoms with Crippen molar-refractivity contribution in [1.29, 1.82) is 0 Å². The number of tetrazole rings is 1. The Kier molecular flexibility index (Phi) is 5.46. The molecule has 6 nitrogen and oxygen atoms in total. The molecule has 1 amide bonds. The normalized spacial score (nSPS) is 10.9. The Morgan fingerprint density at radius 3 is 2.70 bits per heavy atom. The van der Waals surface area contributed by atoms with E-state index in [1.165, 1.54) is 36.2 Å². The zero-order chi connectivity index (χ0) is 19.6. The standard InChI is InChI=1S/C18H16ClF2N5O/c1-11-8-12(6-7-15(11)20)18-22-24-26(23-18)10-17(27)25(2)9-13-14(19)4-3-5-16(13)21/h3-8H,9-10H2,1-2H3. The predicted molar refractivity (Wildman–Crippen MR) is 95.8 cm³/mol. The van der Waals surface area contributed by atoms with Crippen molar-refractivity contribution in [2.45, 2.75) is 20.0 Å². The summed E-state index contributed by atoms with van der Waals surface area (Å²) in [6.07, 6.45) is 0. The number of hydrogen-bond acceptors (Lipinski definition) is 4. The molecule has 3 aromatic rings. The maximum Gasteiger partial charge on any atom is 0.246 e. The molecular weight excluding hydrogens is 376 g/mol. The van der Waals surface area contributed by atoms with Gasteiger partial charge >= 0.3 is 0 Å². The second kappa shape index (κ2) is 7.79. The Labute approximate surface area is 159 Å². The van der Waals surface area contributed by atoms with Gasteiger partial charge < -0.3 is 4.90 Å². The molecule has 0 saturated heterocycles. The minimum absolute atomic E-state index is 0.0169. The fourth-order valence-corrected chi connectivity index (χ4v) is 2.68. The number of halogens is 3. The van der Waals surface area contributed by atoms with Gasteiger partial charge in [0, 0.05) is 29.7 Å². The van der Waals surface area contributed by atoms with E-state index in [0.29, 0.717) is 11.1 Å². The van der Waals surface area contributed by atoms with Gasteiger partial charge in [0.1, 0.15) is 18.2 Å². The molecule has 140 valence electrons. The highest BCUT2D eigenvalue weighted by Crippen LogP contribution is 2.20. The third-order valence-electron chi connectivity index (χ3n) is 4.03. The van der Waals surface area contributed by atoms with E-state index < -0.39 is 5.82 Å². The van der Waals surface area contributed by atoms with Crippen LogP contribution in [-0.4, -0.2) is 38.1 Å². The average molecular weight is 392 g/mol. The molecule has 1 heterocycles. The Balaban J connectivity index is 1.69. The topological polar surface area (TPSA) is 63.9 Å². The van der Waals surface area contributed by atoms with Gasteiger partial charge in [0.15, 0.2) is 0 Å². The van der Waals surface area contributed by atoms with Gasteiger partial charge in [-0.05, 0) is 48.0 Å². The van der Waals surface area contributed by atoms with Crippen LogP contribution in [-0.2, 0) is 17.9 Å². The first-order valence-electron chi connectivity index (χ1n) is 8.06. The summed E-state index contributed by atoms with van der Waals surface area (Å²) in [6.45, 7) is 1.48. The number of hydrogen-bond donors (Lipinski definition) is 0. The minimum atomic E-state index is -0.477. The van der Waals surface area contributed by atoms with Crippen LogP contribution in [0.25, 0.3) is 11.4 Å². The Morgan fingerprint density at radius 2 is 2.00 bits per heavy atom. The number of amides is 1. The highest BCUT2D eigenvalue weighted by molar-refractivity contribution is 6.31. The highest BCUT2D eigenvalue weighted by atomic mass is 35.5. The van der Waals surface area contributed by atoms with E-state index in [4.69, 9.17) is 11.6 Å². The summed E-state index contributed by atoms with van der Waals surface area (Å²) < 4.78 is 27.2. The van der Waals surface area contributed by atoms with Crippen molar-refractivity contribution >= 4 is 17.5 Å². The van der Waals surface area contributed by atoms with Crippen LogP contribution in [0, 0.1) is 18.6 Å². The summed E-state index contributed by atoms with van der Waals surface area (Å²) in [5, 5.41) is 12.1. The van der Waals surface area contributed by atoms with E-state index in [0.717, 1.165) is 4.80 Å². The number of carbonyl (C=O) groups is 1. The SMILES string of the molecule is Cc1cc(-c2nnn(CC(=O)N(C)Cc3c(F)cccc3Cl)n2)ccc1F. The Bertz CT molecular complexity index is 971. The van der Waals surface area contributed by atoms with Gasteiger partial charge in [-0.25, -0.2) is 8.78 Å². The molecule has 0 radical (unpaired) electrons. The van der Waals surface area contributed by atoms with Crippen molar-refractivity contribution in [3.05, 3.63) is 64.2 Å². The van der Waals surface area contributed by atoms with Crippen molar-refractivity contribution in [1.82, 2.24) is 25.1 Å². The van der Waals surface area contributed by atoms with Crippen LogP contribution in [0.15, 0.2) is 36.4 Å². The molecule has 0 spiro atoms. The number of aromatic nitrogens is 4. The molecule has 0 aliphatic heterocycles. The molecule has 0 aliphatic carbocycles. The Hall–Kier alpha value is -2.87. The van der Waals surface area contributed by atoms with Crippen LogP contribution in [0.5, 0.6) is 0 Å². The summed E-state index contributed by atoms with van der Waals surface area (Å²) in [4.78, 5) is 14.8. The number of benzene rings is 2. The van der Waals surface area contributed by atoms with Crippen LogP contribution >= 0.6 is 11.6 Å². The molecule has 1 aromatic heterocycles. The molecule has 0 atom stereocenters. The summed E-state index contributed by atoms with van der Waals surface area (Å²) in [5.74, 6) is -0.857. The third-order valence-corrected chi connectivity index (χ3v) is 4.38. The summed E-state index contributed by atoms with van der Waals surface area (Å²) in [6, 6.07) is 8.82. The highest BCUT2D eigenvalue weighted by Gasteiger charge is 2.16. The van der Waals surface area contributed by atoms with Gasteiger partial charge in [-0.1, -0.05) is 17.7 Å². The summed E-state index contributed by atoms with van der Waals surface area (Å²) in [5.41, 5.74) is 1.30. The molecule has 3 rings (SSSR count). The molecule has 2 aromatic carbocycles. The van der Waals surface area contributed by atoms with Crippen LogP contribution in [0.4, 0.5) is 8.78 Å². The predicted octanol–water partition coefficient (Wildman–Crippen LogP) is 3.24. The van der Waals surface area contributed by atoms with E-state index in [-0.39, 0.29) is 41.2 Å². The molecule has 27 heavy (non-hydrogen) atoms. The van der Waals surface area contributed by atoms with Crippen molar-refractivity contribution in [3.8, 4) is 11.4 Å². The van der Waals surface area contributed by atoms with Gasteiger partial charge in [0.2, 0.25) is 11.7 Å². The van der Waals surface area contributed by atoms with Gasteiger partial charge in [-0.3, -0.25) is 4.79 Å².